The molecule has 0 aromatic heterocycles. The lowest BCUT2D eigenvalue weighted by Crippen LogP contribution is -2.56. The molecule has 0 bridgehead atoms. The third-order valence-electron chi connectivity index (χ3n) is 4.35. The van der Waals surface area contributed by atoms with E-state index in [9.17, 15) is 0 Å². The Hall–Kier alpha value is -0.860. The Bertz CT molecular complexity index is 363. The van der Waals surface area contributed by atoms with Gasteiger partial charge < -0.3 is 0 Å². The Morgan fingerprint density at radius 3 is 2.20 bits per heavy atom. The lowest BCUT2D eigenvalue weighted by atomic mass is 10.0. The number of rotatable bonds is 3. The van der Waals surface area contributed by atoms with Crippen LogP contribution in [0.3, 0.4) is 0 Å². The Morgan fingerprint density at radius 2 is 1.65 bits per heavy atom. The minimum absolute atomic E-state index is 0.516. The summed E-state index contributed by atoms with van der Waals surface area (Å²) in [7, 11) is 0. The lowest BCUT2D eigenvalue weighted by Gasteiger charge is -2.46. The predicted molar refractivity (Wildman–Crippen MR) is 89.1 cm³/mol. The molecule has 1 aliphatic rings. The van der Waals surface area contributed by atoms with Crippen molar-refractivity contribution in [3.63, 3.8) is 0 Å². The van der Waals surface area contributed by atoms with Crippen LogP contribution in [0.5, 0.6) is 0 Å². The molecule has 20 heavy (non-hydrogen) atoms. The van der Waals surface area contributed by atoms with Gasteiger partial charge in [-0.05, 0) is 32.9 Å². The Morgan fingerprint density at radius 1 is 1.05 bits per heavy atom. The van der Waals surface area contributed by atoms with Crippen LogP contribution in [0.1, 0.15) is 53.1 Å². The number of piperazine rings is 1. The standard InChI is InChI=1S/C16H26N2.C2H6/c1-5-17-11-14(3)18(12-13(17)2)15(4)16-9-7-6-8-10-16;1-2/h6-10,13-15H,5,11-12H2,1-4H3;1-2H3/t13-,14+,15?;/m1./s1. The normalized spacial score (nSPS) is 25.7. The van der Waals surface area contributed by atoms with E-state index in [1.54, 1.807) is 0 Å². The molecule has 114 valence electrons. The van der Waals surface area contributed by atoms with Gasteiger partial charge in [-0.15, -0.1) is 0 Å². The summed E-state index contributed by atoms with van der Waals surface area (Å²) < 4.78 is 0. The number of likely N-dealkylation sites (N-methyl/N-ethyl adjacent to an activating group) is 1. The zero-order valence-corrected chi connectivity index (χ0v) is 14.1. The average Bonchev–Trinajstić information content (AvgIpc) is 2.51. The van der Waals surface area contributed by atoms with Gasteiger partial charge in [0.1, 0.15) is 0 Å². The molecule has 1 aromatic rings. The van der Waals surface area contributed by atoms with Crippen molar-refractivity contribution in [2.24, 2.45) is 0 Å². The van der Waals surface area contributed by atoms with Gasteiger partial charge in [0.15, 0.2) is 0 Å². The second-order valence-electron chi connectivity index (χ2n) is 5.57. The third kappa shape index (κ3) is 4.07. The highest BCUT2D eigenvalue weighted by Gasteiger charge is 2.31. The predicted octanol–water partition coefficient (Wildman–Crippen LogP) is 4.19. The maximum atomic E-state index is 2.64. The highest BCUT2D eigenvalue weighted by atomic mass is 15.3. The van der Waals surface area contributed by atoms with Gasteiger partial charge in [0, 0.05) is 31.2 Å². The monoisotopic (exact) mass is 276 g/mol. The van der Waals surface area contributed by atoms with E-state index < -0.39 is 0 Å². The second kappa shape index (κ2) is 8.43. The van der Waals surface area contributed by atoms with Crippen LogP contribution in [0, 0.1) is 0 Å². The highest BCUT2D eigenvalue weighted by molar-refractivity contribution is 5.18. The molecule has 1 aliphatic heterocycles. The van der Waals surface area contributed by atoms with Crippen LogP contribution in [0.2, 0.25) is 0 Å². The van der Waals surface area contributed by atoms with Gasteiger partial charge in [0.25, 0.3) is 0 Å². The molecule has 1 aromatic carbocycles. The molecule has 2 rings (SSSR count). The first-order chi connectivity index (χ1) is 9.63. The summed E-state index contributed by atoms with van der Waals surface area (Å²) in [6.07, 6.45) is 0. The van der Waals surface area contributed by atoms with E-state index >= 15 is 0 Å². The van der Waals surface area contributed by atoms with E-state index in [4.69, 9.17) is 0 Å². The summed E-state index contributed by atoms with van der Waals surface area (Å²) in [4.78, 5) is 5.23. The molecule has 2 nitrogen and oxygen atoms in total. The summed E-state index contributed by atoms with van der Waals surface area (Å²) in [5.41, 5.74) is 1.43. The van der Waals surface area contributed by atoms with Crippen molar-refractivity contribution in [2.45, 2.75) is 59.7 Å². The zero-order chi connectivity index (χ0) is 15.1. The van der Waals surface area contributed by atoms with E-state index in [1.165, 1.54) is 25.2 Å². The summed E-state index contributed by atoms with van der Waals surface area (Å²) in [6, 6.07) is 12.7. The fourth-order valence-electron chi connectivity index (χ4n) is 3.13. The summed E-state index contributed by atoms with van der Waals surface area (Å²) >= 11 is 0. The maximum absolute atomic E-state index is 2.64. The van der Waals surface area contributed by atoms with E-state index in [1.807, 2.05) is 13.8 Å². The molecule has 0 aliphatic carbocycles. The van der Waals surface area contributed by atoms with Crippen molar-refractivity contribution in [1.29, 1.82) is 0 Å². The number of benzene rings is 1. The van der Waals surface area contributed by atoms with Crippen LogP contribution < -0.4 is 0 Å². The Kier molecular flexibility index (Phi) is 7.25. The van der Waals surface area contributed by atoms with Gasteiger partial charge >= 0.3 is 0 Å². The van der Waals surface area contributed by atoms with Gasteiger partial charge in [-0.2, -0.15) is 0 Å². The van der Waals surface area contributed by atoms with Crippen molar-refractivity contribution in [3.05, 3.63) is 35.9 Å². The fraction of sp³-hybridized carbons (Fsp3) is 0.667. The van der Waals surface area contributed by atoms with Crippen molar-refractivity contribution in [3.8, 4) is 0 Å². The molecule has 0 N–H and O–H groups in total. The van der Waals surface area contributed by atoms with Crippen molar-refractivity contribution < 1.29 is 0 Å². The van der Waals surface area contributed by atoms with Crippen molar-refractivity contribution in [1.82, 2.24) is 9.80 Å². The first kappa shape index (κ1) is 17.2. The van der Waals surface area contributed by atoms with Crippen LogP contribution in [0.25, 0.3) is 0 Å². The number of nitrogens with zero attached hydrogens (tertiary/aromatic N) is 2. The molecular formula is C18H32N2. The maximum Gasteiger partial charge on any atom is 0.0323 e. The Balaban J connectivity index is 0.000000956. The molecule has 0 amide bonds. The Labute approximate surface area is 125 Å². The van der Waals surface area contributed by atoms with E-state index in [0.29, 0.717) is 18.1 Å². The van der Waals surface area contributed by atoms with Crippen LogP contribution in [-0.4, -0.2) is 41.5 Å². The quantitative estimate of drug-likeness (QED) is 0.817. The van der Waals surface area contributed by atoms with E-state index in [-0.39, 0.29) is 0 Å². The molecule has 0 radical (unpaired) electrons. The highest BCUT2D eigenvalue weighted by Crippen LogP contribution is 2.26. The van der Waals surface area contributed by atoms with Crippen molar-refractivity contribution >= 4 is 0 Å². The SMILES string of the molecule is CC.CCN1C[C@H](C)N(C(C)c2ccccc2)C[C@H]1C. The van der Waals surface area contributed by atoms with Crippen molar-refractivity contribution in [2.75, 3.05) is 19.6 Å². The molecular weight excluding hydrogens is 244 g/mol. The summed E-state index contributed by atoms with van der Waals surface area (Å²) in [5.74, 6) is 0. The zero-order valence-electron chi connectivity index (χ0n) is 14.1. The number of hydrogen-bond acceptors (Lipinski definition) is 2. The molecule has 2 heteroatoms. The largest absolute Gasteiger partial charge is 0.298 e. The molecule has 1 unspecified atom stereocenters. The second-order valence-corrected chi connectivity index (χ2v) is 5.57. The van der Waals surface area contributed by atoms with Gasteiger partial charge in [0.05, 0.1) is 0 Å². The van der Waals surface area contributed by atoms with Crippen LogP contribution >= 0.6 is 0 Å². The average molecular weight is 276 g/mol. The molecule has 1 fully saturated rings. The third-order valence-corrected chi connectivity index (χ3v) is 4.35. The summed E-state index contributed by atoms with van der Waals surface area (Å²) in [5, 5.41) is 0. The topological polar surface area (TPSA) is 6.48 Å². The van der Waals surface area contributed by atoms with Gasteiger partial charge in [0.2, 0.25) is 0 Å². The molecule has 3 atom stereocenters. The van der Waals surface area contributed by atoms with Crippen LogP contribution in [-0.2, 0) is 0 Å². The molecule has 0 saturated carbocycles. The molecule has 0 spiro atoms. The summed E-state index contributed by atoms with van der Waals surface area (Å²) in [6.45, 7) is 16.8. The fourth-order valence-corrected chi connectivity index (χ4v) is 3.13. The van der Waals surface area contributed by atoms with E-state index in [2.05, 4.69) is 67.8 Å². The minimum Gasteiger partial charge on any atom is -0.298 e. The first-order valence-corrected chi connectivity index (χ1v) is 8.18. The number of hydrogen-bond donors (Lipinski definition) is 0. The van der Waals surface area contributed by atoms with Crippen LogP contribution in [0.4, 0.5) is 0 Å². The molecule has 1 saturated heterocycles. The van der Waals surface area contributed by atoms with Gasteiger partial charge in [-0.3, -0.25) is 9.80 Å². The van der Waals surface area contributed by atoms with Crippen LogP contribution in [0.15, 0.2) is 30.3 Å². The van der Waals surface area contributed by atoms with Gasteiger partial charge in [-0.25, -0.2) is 0 Å². The lowest BCUT2D eigenvalue weighted by molar-refractivity contribution is 0.0216. The minimum atomic E-state index is 0.516. The first-order valence-electron chi connectivity index (χ1n) is 8.18. The molecule has 1 heterocycles. The van der Waals surface area contributed by atoms with E-state index in [0.717, 1.165) is 0 Å². The van der Waals surface area contributed by atoms with Gasteiger partial charge in [-0.1, -0.05) is 51.1 Å². The smallest absolute Gasteiger partial charge is 0.0323 e.